The Bertz CT molecular complexity index is 423. The van der Waals surface area contributed by atoms with E-state index in [1.165, 1.54) is 6.07 Å². The van der Waals surface area contributed by atoms with Gasteiger partial charge in [-0.2, -0.15) is 0 Å². The normalized spacial score (nSPS) is 18.2. The van der Waals surface area contributed by atoms with Crippen LogP contribution >= 0.6 is 12.4 Å². The van der Waals surface area contributed by atoms with Crippen molar-refractivity contribution in [3.8, 4) is 0 Å². The zero-order valence-corrected chi connectivity index (χ0v) is 10.5. The molecule has 1 aromatic rings. The van der Waals surface area contributed by atoms with Crippen molar-refractivity contribution in [3.63, 3.8) is 0 Å². The number of rotatable bonds is 3. The number of benzene rings is 1. The van der Waals surface area contributed by atoms with Gasteiger partial charge in [0.15, 0.2) is 0 Å². The van der Waals surface area contributed by atoms with Crippen molar-refractivity contribution in [2.24, 2.45) is 0 Å². The minimum Gasteiger partial charge on any atom is -0.352 e. The molecule has 6 heteroatoms. The van der Waals surface area contributed by atoms with Gasteiger partial charge in [0, 0.05) is 18.7 Å². The highest BCUT2D eigenvalue weighted by Gasteiger charge is 2.17. The lowest BCUT2D eigenvalue weighted by Gasteiger charge is -2.11. The monoisotopic (exact) mass is 276 g/mol. The van der Waals surface area contributed by atoms with Gasteiger partial charge in [0.05, 0.1) is 6.42 Å². The molecule has 1 heterocycles. The predicted molar refractivity (Wildman–Crippen MR) is 66.7 cm³/mol. The van der Waals surface area contributed by atoms with Crippen LogP contribution in [0.4, 0.5) is 8.78 Å². The van der Waals surface area contributed by atoms with Gasteiger partial charge in [-0.3, -0.25) is 4.79 Å². The Balaban J connectivity index is 0.00000162. The summed E-state index contributed by atoms with van der Waals surface area (Å²) in [5.41, 5.74) is 0.217. The van der Waals surface area contributed by atoms with E-state index in [0.29, 0.717) is 0 Å². The second kappa shape index (κ2) is 6.66. The standard InChI is InChI=1S/C12H14F2N2O.ClH/c13-9-2-1-8(11(14)6-9)5-12(17)16-10-3-4-15-7-10;/h1-2,6,10,15H,3-5,7H2,(H,16,17);1H. The highest BCUT2D eigenvalue weighted by Crippen LogP contribution is 2.10. The molecule has 1 saturated heterocycles. The van der Waals surface area contributed by atoms with Crippen LogP contribution in [0.3, 0.4) is 0 Å². The van der Waals surface area contributed by atoms with Gasteiger partial charge in [-0.1, -0.05) is 6.07 Å². The minimum absolute atomic E-state index is 0. The zero-order chi connectivity index (χ0) is 12.3. The molecule has 1 unspecified atom stereocenters. The first-order chi connectivity index (χ1) is 8.15. The third-order valence-corrected chi connectivity index (χ3v) is 2.79. The highest BCUT2D eigenvalue weighted by atomic mass is 35.5. The van der Waals surface area contributed by atoms with Crippen molar-refractivity contribution in [1.82, 2.24) is 10.6 Å². The third-order valence-electron chi connectivity index (χ3n) is 2.79. The number of carbonyl (C=O) groups is 1. The van der Waals surface area contributed by atoms with Gasteiger partial charge in [0.1, 0.15) is 11.6 Å². The molecular weight excluding hydrogens is 262 g/mol. The molecule has 1 aromatic carbocycles. The Morgan fingerprint density at radius 1 is 1.44 bits per heavy atom. The average molecular weight is 277 g/mol. The number of hydrogen-bond acceptors (Lipinski definition) is 2. The smallest absolute Gasteiger partial charge is 0.224 e. The molecule has 0 saturated carbocycles. The SMILES string of the molecule is Cl.O=C(Cc1ccc(F)cc1F)NC1CCNC1. The number of amides is 1. The quantitative estimate of drug-likeness (QED) is 0.876. The molecule has 1 aliphatic heterocycles. The van der Waals surface area contributed by atoms with E-state index in [9.17, 15) is 13.6 Å². The molecule has 0 bridgehead atoms. The number of halogens is 3. The molecular formula is C12H15ClF2N2O. The van der Waals surface area contributed by atoms with Crippen LogP contribution in [0.15, 0.2) is 18.2 Å². The summed E-state index contributed by atoms with van der Waals surface area (Å²) < 4.78 is 26.0. The van der Waals surface area contributed by atoms with Crippen LogP contribution in [-0.4, -0.2) is 25.0 Å². The molecule has 100 valence electrons. The first-order valence-corrected chi connectivity index (χ1v) is 5.59. The highest BCUT2D eigenvalue weighted by molar-refractivity contribution is 5.85. The molecule has 1 aliphatic rings. The van der Waals surface area contributed by atoms with Crippen molar-refractivity contribution in [3.05, 3.63) is 35.4 Å². The summed E-state index contributed by atoms with van der Waals surface area (Å²) in [7, 11) is 0. The van der Waals surface area contributed by atoms with Gasteiger partial charge in [0.2, 0.25) is 5.91 Å². The third kappa shape index (κ3) is 3.92. The molecule has 2 rings (SSSR count). The van der Waals surface area contributed by atoms with Gasteiger partial charge in [-0.05, 0) is 24.6 Å². The van der Waals surface area contributed by atoms with E-state index in [2.05, 4.69) is 10.6 Å². The van der Waals surface area contributed by atoms with Crippen LogP contribution in [-0.2, 0) is 11.2 Å². The van der Waals surface area contributed by atoms with Gasteiger partial charge < -0.3 is 10.6 Å². The minimum atomic E-state index is -0.676. The van der Waals surface area contributed by atoms with Crippen molar-refractivity contribution in [2.75, 3.05) is 13.1 Å². The van der Waals surface area contributed by atoms with Crippen LogP contribution in [0, 0.1) is 11.6 Å². The maximum Gasteiger partial charge on any atom is 0.224 e. The first kappa shape index (κ1) is 14.9. The lowest BCUT2D eigenvalue weighted by molar-refractivity contribution is -0.121. The predicted octanol–water partition coefficient (Wildman–Crippen LogP) is 1.41. The Morgan fingerprint density at radius 2 is 2.22 bits per heavy atom. The molecule has 1 fully saturated rings. The molecule has 0 aliphatic carbocycles. The number of carbonyl (C=O) groups excluding carboxylic acids is 1. The molecule has 0 radical (unpaired) electrons. The summed E-state index contributed by atoms with van der Waals surface area (Å²) in [5, 5.41) is 5.93. The first-order valence-electron chi connectivity index (χ1n) is 5.59. The average Bonchev–Trinajstić information content (AvgIpc) is 2.75. The van der Waals surface area contributed by atoms with E-state index in [4.69, 9.17) is 0 Å². The summed E-state index contributed by atoms with van der Waals surface area (Å²) in [5.74, 6) is -1.54. The van der Waals surface area contributed by atoms with Crippen molar-refractivity contribution >= 4 is 18.3 Å². The van der Waals surface area contributed by atoms with E-state index in [-0.39, 0.29) is 36.3 Å². The molecule has 1 amide bonds. The summed E-state index contributed by atoms with van der Waals surface area (Å²) in [4.78, 5) is 11.6. The van der Waals surface area contributed by atoms with Gasteiger partial charge in [-0.15, -0.1) is 12.4 Å². The maximum atomic E-state index is 13.3. The van der Waals surface area contributed by atoms with Crippen LogP contribution in [0.5, 0.6) is 0 Å². The molecule has 0 spiro atoms. The second-order valence-corrected chi connectivity index (χ2v) is 4.17. The van der Waals surface area contributed by atoms with Gasteiger partial charge in [-0.25, -0.2) is 8.78 Å². The fourth-order valence-corrected chi connectivity index (χ4v) is 1.89. The fraction of sp³-hybridized carbons (Fsp3) is 0.417. The number of hydrogen-bond donors (Lipinski definition) is 2. The van der Waals surface area contributed by atoms with Crippen LogP contribution in [0.2, 0.25) is 0 Å². The van der Waals surface area contributed by atoms with E-state index in [1.54, 1.807) is 0 Å². The van der Waals surface area contributed by atoms with E-state index in [0.717, 1.165) is 31.6 Å². The fourth-order valence-electron chi connectivity index (χ4n) is 1.89. The Labute approximate surface area is 110 Å². The largest absolute Gasteiger partial charge is 0.352 e. The summed E-state index contributed by atoms with van der Waals surface area (Å²) in [6.07, 6.45) is 0.834. The van der Waals surface area contributed by atoms with Crippen LogP contribution < -0.4 is 10.6 Å². The van der Waals surface area contributed by atoms with Crippen LogP contribution in [0.25, 0.3) is 0 Å². The topological polar surface area (TPSA) is 41.1 Å². The Hall–Kier alpha value is -1.20. The van der Waals surface area contributed by atoms with E-state index >= 15 is 0 Å². The van der Waals surface area contributed by atoms with Crippen LogP contribution in [0.1, 0.15) is 12.0 Å². The van der Waals surface area contributed by atoms with Crippen molar-refractivity contribution in [1.29, 1.82) is 0 Å². The second-order valence-electron chi connectivity index (χ2n) is 4.17. The van der Waals surface area contributed by atoms with Gasteiger partial charge in [0.25, 0.3) is 0 Å². The molecule has 18 heavy (non-hydrogen) atoms. The summed E-state index contributed by atoms with van der Waals surface area (Å²) >= 11 is 0. The molecule has 0 aromatic heterocycles. The molecule has 2 N–H and O–H groups in total. The van der Waals surface area contributed by atoms with Gasteiger partial charge >= 0.3 is 0 Å². The Kier molecular flexibility index (Phi) is 5.50. The lowest BCUT2D eigenvalue weighted by Crippen LogP contribution is -2.37. The number of nitrogens with one attached hydrogen (secondary N) is 2. The lowest BCUT2D eigenvalue weighted by atomic mass is 10.1. The van der Waals surface area contributed by atoms with E-state index in [1.807, 2.05) is 0 Å². The molecule has 3 nitrogen and oxygen atoms in total. The summed E-state index contributed by atoms with van der Waals surface area (Å²) in [6.45, 7) is 1.63. The summed E-state index contributed by atoms with van der Waals surface area (Å²) in [6, 6.07) is 3.37. The van der Waals surface area contributed by atoms with E-state index < -0.39 is 11.6 Å². The molecule has 1 atom stereocenters. The Morgan fingerprint density at radius 3 is 2.83 bits per heavy atom. The van der Waals surface area contributed by atoms with Crippen molar-refractivity contribution < 1.29 is 13.6 Å². The zero-order valence-electron chi connectivity index (χ0n) is 9.71. The van der Waals surface area contributed by atoms with Crippen molar-refractivity contribution in [2.45, 2.75) is 18.9 Å². The maximum absolute atomic E-state index is 13.3.